The van der Waals surface area contributed by atoms with Crippen LogP contribution in [0.15, 0.2) is 0 Å². The predicted octanol–water partition coefficient (Wildman–Crippen LogP) is 2.44. The van der Waals surface area contributed by atoms with E-state index in [9.17, 15) is 5.26 Å². The summed E-state index contributed by atoms with van der Waals surface area (Å²) < 4.78 is 4.25. The van der Waals surface area contributed by atoms with Crippen LogP contribution in [0.5, 0.6) is 0 Å². The van der Waals surface area contributed by atoms with E-state index in [1.54, 1.807) is 0 Å². The molecule has 0 aromatic carbocycles. The fourth-order valence-electron chi connectivity index (χ4n) is 1.94. The third-order valence-electron chi connectivity index (χ3n) is 2.86. The molecule has 0 radical (unpaired) electrons. The minimum atomic E-state index is -0.301. The fraction of sp³-hybridized carbons (Fsp3) is 0.700. The molecule has 0 N–H and O–H groups in total. The van der Waals surface area contributed by atoms with Crippen molar-refractivity contribution >= 4 is 11.5 Å². The van der Waals surface area contributed by atoms with Gasteiger partial charge >= 0.3 is 0 Å². The van der Waals surface area contributed by atoms with Gasteiger partial charge in [0.2, 0.25) is 0 Å². The molecule has 1 aliphatic rings. The average Bonchev–Trinajstić information content (AvgIpc) is 2.87. The van der Waals surface area contributed by atoms with Gasteiger partial charge in [0.25, 0.3) is 0 Å². The van der Waals surface area contributed by atoms with Crippen LogP contribution in [0.4, 0.5) is 0 Å². The van der Waals surface area contributed by atoms with E-state index in [4.69, 9.17) is 0 Å². The second-order valence-electron chi connectivity index (χ2n) is 3.77. The smallest absolute Gasteiger partial charge is 0.142 e. The zero-order chi connectivity index (χ0) is 10.0. The number of nitriles is 1. The van der Waals surface area contributed by atoms with Crippen molar-refractivity contribution < 1.29 is 0 Å². The van der Waals surface area contributed by atoms with Crippen molar-refractivity contribution in [1.29, 1.82) is 5.26 Å². The molecule has 1 aliphatic carbocycles. The van der Waals surface area contributed by atoms with E-state index in [1.807, 2.05) is 6.92 Å². The van der Waals surface area contributed by atoms with E-state index in [2.05, 4.69) is 15.4 Å². The molecule has 1 heterocycles. The van der Waals surface area contributed by atoms with E-state index >= 15 is 0 Å². The van der Waals surface area contributed by atoms with Crippen LogP contribution in [0.1, 0.15) is 43.4 Å². The molecule has 0 atom stereocenters. The summed E-state index contributed by atoms with van der Waals surface area (Å²) in [5.74, 6) is 0.881. The average molecular weight is 207 g/mol. The van der Waals surface area contributed by atoms with Crippen molar-refractivity contribution in [2.45, 2.75) is 44.4 Å². The van der Waals surface area contributed by atoms with E-state index in [0.717, 1.165) is 42.9 Å². The molecule has 1 fully saturated rings. The van der Waals surface area contributed by atoms with Gasteiger partial charge in [0, 0.05) is 6.42 Å². The Morgan fingerprint density at radius 1 is 1.50 bits per heavy atom. The summed E-state index contributed by atoms with van der Waals surface area (Å²) in [6.07, 6.45) is 5.07. The van der Waals surface area contributed by atoms with Gasteiger partial charge in [0.1, 0.15) is 16.2 Å². The molecule has 0 spiro atoms. The first-order valence-electron chi connectivity index (χ1n) is 5.05. The Bertz CT molecular complexity index is 358. The summed E-state index contributed by atoms with van der Waals surface area (Å²) in [6, 6.07) is 2.44. The number of rotatable bonds is 2. The van der Waals surface area contributed by atoms with Gasteiger partial charge in [0.15, 0.2) is 0 Å². The number of aromatic nitrogens is 2. The third kappa shape index (κ3) is 1.42. The number of hydrogen-bond donors (Lipinski definition) is 0. The Kier molecular flexibility index (Phi) is 2.51. The molecular formula is C10H13N3S. The molecule has 0 unspecified atom stereocenters. The maximum atomic E-state index is 9.24. The molecule has 1 aromatic heterocycles. The van der Waals surface area contributed by atoms with Crippen LogP contribution >= 0.6 is 11.5 Å². The van der Waals surface area contributed by atoms with Gasteiger partial charge in [-0.25, -0.2) is 4.98 Å². The zero-order valence-corrected chi connectivity index (χ0v) is 9.10. The van der Waals surface area contributed by atoms with E-state index in [0.29, 0.717) is 0 Å². The Morgan fingerprint density at radius 3 is 2.71 bits per heavy atom. The summed E-state index contributed by atoms with van der Waals surface area (Å²) in [4.78, 5) is 4.44. The largest absolute Gasteiger partial charge is 0.223 e. The van der Waals surface area contributed by atoms with Gasteiger partial charge in [-0.1, -0.05) is 19.8 Å². The van der Waals surface area contributed by atoms with Crippen molar-refractivity contribution in [2.75, 3.05) is 0 Å². The Morgan fingerprint density at radius 2 is 2.21 bits per heavy atom. The quantitative estimate of drug-likeness (QED) is 0.748. The first kappa shape index (κ1) is 9.60. The fourth-order valence-corrected chi connectivity index (χ4v) is 2.88. The van der Waals surface area contributed by atoms with Crippen LogP contribution < -0.4 is 0 Å². The second-order valence-corrected chi connectivity index (χ2v) is 4.52. The monoisotopic (exact) mass is 207 g/mol. The number of hydrogen-bond acceptors (Lipinski definition) is 4. The first-order valence-corrected chi connectivity index (χ1v) is 5.82. The Labute approximate surface area is 88.0 Å². The minimum Gasteiger partial charge on any atom is -0.223 e. The molecule has 0 saturated heterocycles. The molecule has 1 aromatic rings. The Hall–Kier alpha value is -0.950. The van der Waals surface area contributed by atoms with Crippen LogP contribution in [0.25, 0.3) is 0 Å². The van der Waals surface area contributed by atoms with Crippen LogP contribution in [-0.2, 0) is 11.8 Å². The number of nitrogens with zero attached hydrogens (tertiary/aromatic N) is 3. The molecule has 0 bridgehead atoms. The lowest BCUT2D eigenvalue weighted by Crippen LogP contribution is -2.18. The van der Waals surface area contributed by atoms with Crippen molar-refractivity contribution in [1.82, 2.24) is 9.36 Å². The van der Waals surface area contributed by atoms with E-state index < -0.39 is 0 Å². The lowest BCUT2D eigenvalue weighted by molar-refractivity contribution is 0.567. The van der Waals surface area contributed by atoms with Crippen molar-refractivity contribution in [3.63, 3.8) is 0 Å². The van der Waals surface area contributed by atoms with Gasteiger partial charge in [-0.3, -0.25) is 0 Å². The third-order valence-corrected chi connectivity index (χ3v) is 3.82. The highest BCUT2D eigenvalue weighted by Gasteiger charge is 2.39. The SMILES string of the molecule is CCc1nsc(C2(C#N)CCCC2)n1. The first-order chi connectivity index (χ1) is 6.80. The molecule has 3 nitrogen and oxygen atoms in total. The molecule has 0 aliphatic heterocycles. The van der Waals surface area contributed by atoms with Crippen molar-refractivity contribution in [2.24, 2.45) is 0 Å². The van der Waals surface area contributed by atoms with Crippen LogP contribution in [0, 0.1) is 11.3 Å². The predicted molar refractivity (Wildman–Crippen MR) is 55.0 cm³/mol. The Balaban J connectivity index is 2.32. The van der Waals surface area contributed by atoms with Gasteiger partial charge < -0.3 is 0 Å². The topological polar surface area (TPSA) is 49.6 Å². The summed E-state index contributed by atoms with van der Waals surface area (Å²) in [5, 5.41) is 10.2. The molecule has 14 heavy (non-hydrogen) atoms. The summed E-state index contributed by atoms with van der Waals surface area (Å²) >= 11 is 1.41. The summed E-state index contributed by atoms with van der Waals surface area (Å²) in [5.41, 5.74) is -0.301. The van der Waals surface area contributed by atoms with Crippen LogP contribution in [0.3, 0.4) is 0 Å². The maximum absolute atomic E-state index is 9.24. The molecule has 2 rings (SSSR count). The van der Waals surface area contributed by atoms with E-state index in [-0.39, 0.29) is 5.41 Å². The highest BCUT2D eigenvalue weighted by Crippen LogP contribution is 2.41. The van der Waals surface area contributed by atoms with Gasteiger partial charge in [0.05, 0.1) is 6.07 Å². The van der Waals surface area contributed by atoms with E-state index in [1.165, 1.54) is 11.5 Å². The second kappa shape index (κ2) is 3.66. The van der Waals surface area contributed by atoms with Gasteiger partial charge in [-0.05, 0) is 24.4 Å². The number of aryl methyl sites for hydroxylation is 1. The minimum absolute atomic E-state index is 0.301. The van der Waals surface area contributed by atoms with Crippen LogP contribution in [-0.4, -0.2) is 9.36 Å². The van der Waals surface area contributed by atoms with Crippen LogP contribution in [0.2, 0.25) is 0 Å². The molecule has 74 valence electrons. The zero-order valence-electron chi connectivity index (χ0n) is 8.29. The summed E-state index contributed by atoms with van der Waals surface area (Å²) in [6.45, 7) is 2.04. The molecular weight excluding hydrogens is 194 g/mol. The van der Waals surface area contributed by atoms with Crippen molar-refractivity contribution in [3.8, 4) is 6.07 Å². The summed E-state index contributed by atoms with van der Waals surface area (Å²) in [7, 11) is 0. The highest BCUT2D eigenvalue weighted by atomic mass is 32.1. The standard InChI is InChI=1S/C10H13N3S/c1-2-8-12-9(14-13-8)10(7-11)5-3-4-6-10/h2-6H2,1H3. The van der Waals surface area contributed by atoms with Gasteiger partial charge in [-0.2, -0.15) is 9.64 Å². The highest BCUT2D eigenvalue weighted by molar-refractivity contribution is 7.05. The molecule has 4 heteroatoms. The lowest BCUT2D eigenvalue weighted by Gasteiger charge is -2.15. The van der Waals surface area contributed by atoms with Crippen molar-refractivity contribution in [3.05, 3.63) is 10.8 Å². The van der Waals surface area contributed by atoms with Gasteiger partial charge in [-0.15, -0.1) is 0 Å². The molecule has 1 saturated carbocycles. The normalized spacial score (nSPS) is 19.4. The molecule has 0 amide bonds. The maximum Gasteiger partial charge on any atom is 0.142 e. The lowest BCUT2D eigenvalue weighted by atomic mass is 9.89.